The maximum atomic E-state index is 5.45. The van der Waals surface area contributed by atoms with Crippen molar-refractivity contribution < 1.29 is 0 Å². The molecule has 0 aliphatic heterocycles. The smallest absolute Gasteiger partial charge is 0.0939 e. The molecule has 0 saturated carbocycles. The molecule has 0 rings (SSSR count). The van der Waals surface area contributed by atoms with Crippen LogP contribution >= 0.6 is 24.4 Å². The summed E-state index contributed by atoms with van der Waals surface area (Å²) >= 11 is 10.9. The Morgan fingerprint density at radius 1 is 0.353 bits per heavy atom. The van der Waals surface area contributed by atoms with E-state index in [1.165, 1.54) is 154 Å². The first-order valence-corrected chi connectivity index (χ1v) is 16.1. The minimum atomic E-state index is 0.907. The monoisotopic (exact) mass is 512 g/mol. The molecule has 0 bridgehead atoms. The molecule has 0 spiro atoms. The number of hydrogen-bond acceptors (Lipinski definition) is 2. The highest BCUT2D eigenvalue weighted by Gasteiger charge is 2.00. The fourth-order valence-corrected chi connectivity index (χ4v) is 4.91. The Morgan fingerprint density at radius 2 is 0.559 bits per heavy atom. The maximum Gasteiger partial charge on any atom is 0.0939 e. The van der Waals surface area contributed by atoms with Gasteiger partial charge in [0.2, 0.25) is 0 Å². The highest BCUT2D eigenvalue weighted by atomic mass is 32.1. The Hall–Kier alpha value is -0.220. The summed E-state index contributed by atoms with van der Waals surface area (Å²) in [6.45, 7) is 4.57. The van der Waals surface area contributed by atoms with E-state index in [1.54, 1.807) is 0 Å². The number of thiocarbonyl (C=S) groups is 2. The molecule has 0 unspecified atom stereocenters. The van der Waals surface area contributed by atoms with E-state index in [0.29, 0.717) is 0 Å². The predicted molar refractivity (Wildman–Crippen MR) is 163 cm³/mol. The van der Waals surface area contributed by atoms with E-state index in [2.05, 4.69) is 24.7 Å². The molecule has 0 aromatic rings. The lowest BCUT2D eigenvalue weighted by atomic mass is 10.0. The normalized spacial score (nSPS) is 11.0. The molecule has 0 aliphatic rings. The zero-order valence-electron chi connectivity index (χ0n) is 23.2. The second kappa shape index (κ2) is 29.0. The van der Waals surface area contributed by atoms with Crippen LogP contribution in [-0.2, 0) is 0 Å². The van der Waals surface area contributed by atoms with Crippen LogP contribution < -0.4 is 10.9 Å². The summed E-state index contributed by atoms with van der Waals surface area (Å²) in [6, 6.07) is 0. The van der Waals surface area contributed by atoms with E-state index in [9.17, 15) is 0 Å². The van der Waals surface area contributed by atoms with Crippen molar-refractivity contribution in [2.24, 2.45) is 0 Å². The SMILES string of the molecule is CCCCCCCCCCCCCCC(=S)NNC(=S)CCCCCCCCCCCCCC. The molecule has 34 heavy (non-hydrogen) atoms. The molecule has 0 radical (unpaired) electrons. The third-order valence-electron chi connectivity index (χ3n) is 6.86. The Morgan fingerprint density at radius 3 is 0.794 bits per heavy atom. The average Bonchev–Trinajstić information content (AvgIpc) is 2.84. The van der Waals surface area contributed by atoms with Gasteiger partial charge in [-0.1, -0.05) is 180 Å². The Kier molecular flexibility index (Phi) is 28.8. The number of unbranched alkanes of at least 4 members (excludes halogenated alkanes) is 22. The summed E-state index contributed by atoms with van der Waals surface area (Å²) < 4.78 is 0. The van der Waals surface area contributed by atoms with Crippen LogP contribution in [0.15, 0.2) is 0 Å². The molecular weight excluding hydrogens is 452 g/mol. The minimum Gasteiger partial charge on any atom is -0.294 e. The predicted octanol–water partition coefficient (Wildman–Crippen LogP) is 10.9. The lowest BCUT2D eigenvalue weighted by Gasteiger charge is -2.11. The summed E-state index contributed by atoms with van der Waals surface area (Å²) in [6.07, 6.45) is 35.1. The van der Waals surface area contributed by atoms with Gasteiger partial charge in [-0.05, 0) is 25.7 Å². The van der Waals surface area contributed by atoms with Crippen LogP contribution in [-0.4, -0.2) is 9.98 Å². The highest BCUT2D eigenvalue weighted by Crippen LogP contribution is 2.14. The Bertz CT molecular complexity index is 400. The van der Waals surface area contributed by atoms with E-state index in [-0.39, 0.29) is 0 Å². The van der Waals surface area contributed by atoms with Gasteiger partial charge >= 0.3 is 0 Å². The first kappa shape index (κ1) is 33.8. The van der Waals surface area contributed by atoms with Gasteiger partial charge in [-0.15, -0.1) is 0 Å². The molecule has 0 aromatic carbocycles. The van der Waals surface area contributed by atoms with Crippen LogP contribution in [0.4, 0.5) is 0 Å². The summed E-state index contributed by atoms with van der Waals surface area (Å²) in [5.74, 6) is 0. The summed E-state index contributed by atoms with van der Waals surface area (Å²) in [5, 5.41) is 0. The minimum absolute atomic E-state index is 0.907. The molecule has 2 N–H and O–H groups in total. The fourth-order valence-electron chi connectivity index (χ4n) is 4.52. The van der Waals surface area contributed by atoms with Gasteiger partial charge in [-0.3, -0.25) is 10.9 Å². The standard InChI is InChI=1S/C30H60N2S2/c1-3-5-7-9-11-13-15-17-19-21-23-25-27-29(33)31-32-30(34)28-26-24-22-20-18-16-14-12-10-8-6-4-2/h3-28H2,1-2H3,(H,31,33)(H,32,34). The van der Waals surface area contributed by atoms with E-state index >= 15 is 0 Å². The molecule has 2 nitrogen and oxygen atoms in total. The van der Waals surface area contributed by atoms with Gasteiger partial charge in [0.1, 0.15) is 0 Å². The largest absolute Gasteiger partial charge is 0.294 e. The molecule has 0 saturated heterocycles. The van der Waals surface area contributed by atoms with Crippen molar-refractivity contribution in [1.82, 2.24) is 10.9 Å². The number of hydrogen-bond donors (Lipinski definition) is 2. The lowest BCUT2D eigenvalue weighted by Crippen LogP contribution is -2.39. The van der Waals surface area contributed by atoms with E-state index in [1.807, 2.05) is 0 Å². The molecular formula is C30H60N2S2. The second-order valence-corrected chi connectivity index (χ2v) is 11.4. The van der Waals surface area contributed by atoms with Gasteiger partial charge in [-0.25, -0.2) is 0 Å². The van der Waals surface area contributed by atoms with Crippen molar-refractivity contribution in [2.45, 2.75) is 181 Å². The van der Waals surface area contributed by atoms with E-state index < -0.39 is 0 Å². The van der Waals surface area contributed by atoms with Gasteiger partial charge in [0.15, 0.2) is 0 Å². The lowest BCUT2D eigenvalue weighted by molar-refractivity contribution is 0.545. The molecule has 0 aromatic heterocycles. The van der Waals surface area contributed by atoms with Gasteiger partial charge in [0.25, 0.3) is 0 Å². The van der Waals surface area contributed by atoms with Gasteiger partial charge in [0, 0.05) is 0 Å². The number of rotatable bonds is 26. The molecule has 202 valence electrons. The topological polar surface area (TPSA) is 24.1 Å². The van der Waals surface area contributed by atoms with Crippen LogP contribution in [0.3, 0.4) is 0 Å². The summed E-state index contributed by atoms with van der Waals surface area (Å²) in [4.78, 5) is 1.81. The van der Waals surface area contributed by atoms with Gasteiger partial charge in [0.05, 0.1) is 9.98 Å². The Balaban J connectivity index is 3.29. The first-order chi connectivity index (χ1) is 16.7. The van der Waals surface area contributed by atoms with Gasteiger partial charge < -0.3 is 0 Å². The zero-order valence-corrected chi connectivity index (χ0v) is 24.8. The third kappa shape index (κ3) is 28.0. The van der Waals surface area contributed by atoms with Crippen LogP contribution in [0.2, 0.25) is 0 Å². The molecule has 0 heterocycles. The highest BCUT2D eigenvalue weighted by molar-refractivity contribution is 7.80. The Labute approximate surface area is 225 Å². The second-order valence-electron chi connectivity index (χ2n) is 10.4. The third-order valence-corrected chi connectivity index (χ3v) is 7.47. The van der Waals surface area contributed by atoms with Crippen LogP contribution in [0.1, 0.15) is 181 Å². The molecule has 0 amide bonds. The van der Waals surface area contributed by atoms with Crippen molar-refractivity contribution >= 4 is 34.4 Å². The van der Waals surface area contributed by atoms with Crippen LogP contribution in [0, 0.1) is 0 Å². The molecule has 0 atom stereocenters. The quantitative estimate of drug-likeness (QED) is 0.0683. The zero-order chi connectivity index (χ0) is 25.0. The molecule has 0 aliphatic carbocycles. The van der Waals surface area contributed by atoms with Crippen LogP contribution in [0.5, 0.6) is 0 Å². The summed E-state index contributed by atoms with van der Waals surface area (Å²) in [7, 11) is 0. The first-order valence-electron chi connectivity index (χ1n) is 15.3. The van der Waals surface area contributed by atoms with Gasteiger partial charge in [-0.2, -0.15) is 0 Å². The van der Waals surface area contributed by atoms with E-state index in [4.69, 9.17) is 24.4 Å². The maximum absolute atomic E-state index is 5.45. The van der Waals surface area contributed by atoms with Crippen molar-refractivity contribution in [2.75, 3.05) is 0 Å². The number of hydrazine groups is 1. The van der Waals surface area contributed by atoms with Crippen molar-refractivity contribution in [3.8, 4) is 0 Å². The van der Waals surface area contributed by atoms with Crippen molar-refractivity contribution in [1.29, 1.82) is 0 Å². The fraction of sp³-hybridized carbons (Fsp3) is 0.933. The van der Waals surface area contributed by atoms with E-state index in [0.717, 1.165) is 22.8 Å². The van der Waals surface area contributed by atoms with Crippen molar-refractivity contribution in [3.63, 3.8) is 0 Å². The molecule has 0 fully saturated rings. The van der Waals surface area contributed by atoms with Crippen LogP contribution in [0.25, 0.3) is 0 Å². The van der Waals surface area contributed by atoms with Crippen molar-refractivity contribution in [3.05, 3.63) is 0 Å². The summed E-state index contributed by atoms with van der Waals surface area (Å²) in [5.41, 5.74) is 6.31. The molecule has 4 heteroatoms. The average molecular weight is 513 g/mol. The number of nitrogens with one attached hydrogen (secondary N) is 2.